The van der Waals surface area contributed by atoms with Crippen molar-refractivity contribution in [2.75, 3.05) is 78.6 Å². The van der Waals surface area contributed by atoms with Gasteiger partial charge in [-0.05, 0) is 37.8 Å². The number of nitrogens with zero attached hydrogens (tertiary/aromatic N) is 3. The molecule has 1 aliphatic rings. The van der Waals surface area contributed by atoms with E-state index in [1.807, 2.05) is 11.8 Å². The van der Waals surface area contributed by atoms with E-state index in [2.05, 4.69) is 26.8 Å². The fraction of sp³-hybridized carbons (Fsp3) is 0.895. The Morgan fingerprint density at radius 1 is 1.07 bits per heavy atom. The molecule has 0 bridgehead atoms. The summed E-state index contributed by atoms with van der Waals surface area (Å²) in [5.74, 6) is 2.01. The van der Waals surface area contributed by atoms with E-state index in [0.717, 1.165) is 64.7 Å². The Morgan fingerprint density at radius 2 is 1.74 bits per heavy atom. The third-order valence-corrected chi connectivity index (χ3v) is 5.18. The van der Waals surface area contributed by atoms with Crippen LogP contribution in [0.2, 0.25) is 0 Å². The molecule has 7 nitrogen and oxygen atoms in total. The number of likely N-dealkylation sites (N-methyl/N-ethyl adjacent to an activating group) is 1. The molecule has 1 aliphatic heterocycles. The van der Waals surface area contributed by atoms with Gasteiger partial charge in [-0.3, -0.25) is 9.69 Å². The first-order valence-corrected chi connectivity index (χ1v) is 11.5. The highest BCUT2D eigenvalue weighted by molar-refractivity contribution is 7.98. The van der Waals surface area contributed by atoms with Crippen LogP contribution in [0.15, 0.2) is 4.99 Å². The number of morpholine rings is 1. The highest BCUT2D eigenvalue weighted by Gasteiger charge is 2.09. The van der Waals surface area contributed by atoms with Gasteiger partial charge in [0.15, 0.2) is 5.96 Å². The molecular weight excluding hydrogens is 362 g/mol. The molecule has 2 N–H and O–H groups in total. The maximum atomic E-state index is 11.8. The molecule has 0 aromatic heterocycles. The monoisotopic (exact) mass is 401 g/mol. The number of aliphatic imine (C=N–C) groups is 1. The first-order chi connectivity index (χ1) is 13.1. The Bertz CT molecular complexity index is 415. The Labute approximate surface area is 169 Å². The summed E-state index contributed by atoms with van der Waals surface area (Å²) in [5, 5.41) is 6.74. The second-order valence-corrected chi connectivity index (χ2v) is 8.01. The largest absolute Gasteiger partial charge is 0.379 e. The number of carbonyl (C=O) groups excluding carboxylic acids is 1. The lowest BCUT2D eigenvalue weighted by Gasteiger charge is -2.26. The molecule has 1 rings (SSSR count). The second kappa shape index (κ2) is 16.0. The topological polar surface area (TPSA) is 69.2 Å². The minimum atomic E-state index is 0.0153. The smallest absolute Gasteiger partial charge is 0.243 e. The molecule has 0 spiro atoms. The lowest BCUT2D eigenvalue weighted by atomic mass is 10.2. The predicted octanol–water partition coefficient (Wildman–Crippen LogP) is 1.26. The number of hydrogen-bond donors (Lipinski definition) is 2. The van der Waals surface area contributed by atoms with Gasteiger partial charge in [-0.1, -0.05) is 12.8 Å². The fourth-order valence-corrected chi connectivity index (χ4v) is 3.22. The number of rotatable bonds is 13. The summed E-state index contributed by atoms with van der Waals surface area (Å²) in [7, 11) is 3.52. The molecule has 0 aromatic carbocycles. The van der Waals surface area contributed by atoms with Crippen LogP contribution in [0, 0.1) is 0 Å². The molecule has 0 radical (unpaired) electrons. The van der Waals surface area contributed by atoms with Crippen molar-refractivity contribution in [2.45, 2.75) is 32.1 Å². The molecule has 27 heavy (non-hydrogen) atoms. The molecule has 0 unspecified atom stereocenters. The van der Waals surface area contributed by atoms with Crippen molar-refractivity contribution in [2.24, 2.45) is 4.99 Å². The molecule has 0 atom stereocenters. The van der Waals surface area contributed by atoms with E-state index in [4.69, 9.17) is 4.74 Å². The first-order valence-electron chi connectivity index (χ1n) is 10.1. The van der Waals surface area contributed by atoms with E-state index in [1.54, 1.807) is 19.0 Å². The van der Waals surface area contributed by atoms with Gasteiger partial charge in [0.1, 0.15) is 6.54 Å². The van der Waals surface area contributed by atoms with Crippen LogP contribution in [0.3, 0.4) is 0 Å². The number of amides is 1. The number of thioether (sulfide) groups is 1. The van der Waals surface area contributed by atoms with Crippen molar-refractivity contribution < 1.29 is 9.53 Å². The molecule has 0 aromatic rings. The number of ether oxygens (including phenoxy) is 1. The highest BCUT2D eigenvalue weighted by atomic mass is 32.2. The van der Waals surface area contributed by atoms with Gasteiger partial charge in [0.2, 0.25) is 5.91 Å². The lowest BCUT2D eigenvalue weighted by Crippen LogP contribution is -2.41. The zero-order valence-electron chi connectivity index (χ0n) is 17.5. The minimum Gasteiger partial charge on any atom is -0.379 e. The Kier molecular flexibility index (Phi) is 14.3. The first kappa shape index (κ1) is 24.0. The van der Waals surface area contributed by atoms with E-state index in [9.17, 15) is 4.79 Å². The molecule has 0 saturated carbocycles. The maximum absolute atomic E-state index is 11.8. The molecule has 0 aliphatic carbocycles. The normalized spacial score (nSPS) is 15.6. The molecular formula is C19H39N5O2S. The van der Waals surface area contributed by atoms with Crippen LogP contribution < -0.4 is 10.6 Å². The average molecular weight is 402 g/mol. The van der Waals surface area contributed by atoms with Crippen LogP contribution in [0.4, 0.5) is 0 Å². The number of guanidine groups is 1. The van der Waals surface area contributed by atoms with E-state index in [0.29, 0.717) is 0 Å². The summed E-state index contributed by atoms with van der Waals surface area (Å²) in [6.07, 6.45) is 8.14. The van der Waals surface area contributed by atoms with Gasteiger partial charge in [0, 0.05) is 40.3 Å². The Hall–Kier alpha value is -0.990. The van der Waals surface area contributed by atoms with E-state index in [1.165, 1.54) is 25.0 Å². The molecule has 1 fully saturated rings. The Morgan fingerprint density at radius 3 is 2.41 bits per heavy atom. The summed E-state index contributed by atoms with van der Waals surface area (Å²) in [4.78, 5) is 20.3. The zero-order valence-corrected chi connectivity index (χ0v) is 18.3. The number of hydrogen-bond acceptors (Lipinski definition) is 5. The molecule has 1 heterocycles. The summed E-state index contributed by atoms with van der Waals surface area (Å²) in [6, 6.07) is 0. The second-order valence-electron chi connectivity index (χ2n) is 7.02. The van der Waals surface area contributed by atoms with E-state index in [-0.39, 0.29) is 12.5 Å². The Balaban J connectivity index is 2.26. The van der Waals surface area contributed by atoms with E-state index >= 15 is 0 Å². The molecule has 1 amide bonds. The summed E-state index contributed by atoms with van der Waals surface area (Å²) < 4.78 is 5.38. The number of nitrogens with one attached hydrogen (secondary N) is 2. The van der Waals surface area contributed by atoms with Crippen LogP contribution in [-0.2, 0) is 9.53 Å². The van der Waals surface area contributed by atoms with Gasteiger partial charge in [-0.25, -0.2) is 4.99 Å². The van der Waals surface area contributed by atoms with Crippen molar-refractivity contribution in [3.63, 3.8) is 0 Å². The van der Waals surface area contributed by atoms with Crippen LogP contribution >= 0.6 is 11.8 Å². The quantitative estimate of drug-likeness (QED) is 0.275. The van der Waals surface area contributed by atoms with Crippen LogP contribution in [0.5, 0.6) is 0 Å². The third-order valence-electron chi connectivity index (χ3n) is 4.49. The molecule has 158 valence electrons. The van der Waals surface area contributed by atoms with Crippen LogP contribution in [0.1, 0.15) is 32.1 Å². The third kappa shape index (κ3) is 12.9. The minimum absolute atomic E-state index is 0.0153. The lowest BCUT2D eigenvalue weighted by molar-refractivity contribution is -0.127. The van der Waals surface area contributed by atoms with Crippen LogP contribution in [0.25, 0.3) is 0 Å². The SMILES string of the molecule is CSCCCCCCNC(=NCC(=O)N(C)C)NCCCN1CCOCC1. The van der Waals surface area contributed by atoms with Crippen molar-refractivity contribution in [1.29, 1.82) is 0 Å². The van der Waals surface area contributed by atoms with Gasteiger partial charge in [-0.2, -0.15) is 11.8 Å². The predicted molar refractivity (Wildman–Crippen MR) is 116 cm³/mol. The summed E-state index contributed by atoms with van der Waals surface area (Å²) >= 11 is 1.91. The standard InChI is InChI=1S/C19H39N5O2S/c1-23(2)18(25)17-22-19(20-9-6-4-5-7-16-27-3)21-10-8-11-24-12-14-26-15-13-24/h4-17H2,1-3H3,(H2,20,21,22). The average Bonchev–Trinajstić information content (AvgIpc) is 2.68. The maximum Gasteiger partial charge on any atom is 0.243 e. The van der Waals surface area contributed by atoms with Gasteiger partial charge in [-0.15, -0.1) is 0 Å². The molecule has 1 saturated heterocycles. The van der Waals surface area contributed by atoms with Gasteiger partial charge < -0.3 is 20.3 Å². The van der Waals surface area contributed by atoms with Crippen molar-refractivity contribution in [3.05, 3.63) is 0 Å². The highest BCUT2D eigenvalue weighted by Crippen LogP contribution is 2.03. The zero-order chi connectivity index (χ0) is 19.7. The van der Waals surface area contributed by atoms with Crippen LogP contribution in [-0.4, -0.2) is 100 Å². The van der Waals surface area contributed by atoms with Gasteiger partial charge in [0.25, 0.3) is 0 Å². The number of carbonyl (C=O) groups is 1. The van der Waals surface area contributed by atoms with Crippen molar-refractivity contribution in [3.8, 4) is 0 Å². The van der Waals surface area contributed by atoms with E-state index < -0.39 is 0 Å². The summed E-state index contributed by atoms with van der Waals surface area (Å²) in [6.45, 7) is 6.71. The van der Waals surface area contributed by atoms with Crippen molar-refractivity contribution >= 4 is 23.6 Å². The van der Waals surface area contributed by atoms with Gasteiger partial charge in [0.05, 0.1) is 13.2 Å². The molecule has 8 heteroatoms. The van der Waals surface area contributed by atoms with Crippen molar-refractivity contribution in [1.82, 2.24) is 20.4 Å². The number of unbranched alkanes of at least 4 members (excludes halogenated alkanes) is 3. The fourth-order valence-electron chi connectivity index (χ4n) is 2.73. The van der Waals surface area contributed by atoms with Gasteiger partial charge >= 0.3 is 0 Å². The summed E-state index contributed by atoms with van der Waals surface area (Å²) in [5.41, 5.74) is 0.